The van der Waals surface area contributed by atoms with Crippen LogP contribution in [0.1, 0.15) is 5.56 Å². The van der Waals surface area contributed by atoms with Crippen LogP contribution >= 0.6 is 47.8 Å². The van der Waals surface area contributed by atoms with Gasteiger partial charge < -0.3 is 10.2 Å². The molecule has 66 valence electrons. The quantitative estimate of drug-likeness (QED) is 0.756. The summed E-state index contributed by atoms with van der Waals surface area (Å²) in [4.78, 5) is 0. The number of benzene rings is 1. The standard InChI is InChI=1S/C7H5Br3O2/c8-4-2-1-3-5(11)6(4)7(9,10)12/h1-3,11-12H. The second-order valence-electron chi connectivity index (χ2n) is 2.18. The predicted molar refractivity (Wildman–Crippen MR) is 57.6 cm³/mol. The van der Waals surface area contributed by atoms with Crippen molar-refractivity contribution in [1.29, 1.82) is 0 Å². The molecule has 0 fully saturated rings. The summed E-state index contributed by atoms with van der Waals surface area (Å²) in [7, 11) is 0. The normalized spacial score (nSPS) is 11.7. The fraction of sp³-hybridized carbons (Fsp3) is 0.143. The van der Waals surface area contributed by atoms with Crippen molar-refractivity contribution < 1.29 is 10.2 Å². The minimum absolute atomic E-state index is 0.0145. The van der Waals surface area contributed by atoms with Gasteiger partial charge in [0.05, 0.1) is 5.56 Å². The molecular formula is C7H5Br3O2. The molecule has 1 aromatic carbocycles. The summed E-state index contributed by atoms with van der Waals surface area (Å²) in [6.07, 6.45) is 0. The molecule has 0 heterocycles. The van der Waals surface area contributed by atoms with Crippen molar-refractivity contribution in [2.45, 2.75) is 3.42 Å². The lowest BCUT2D eigenvalue weighted by Gasteiger charge is -2.16. The Bertz CT molecular complexity index is 273. The van der Waals surface area contributed by atoms with Gasteiger partial charge in [-0.2, -0.15) is 0 Å². The van der Waals surface area contributed by atoms with E-state index in [1.165, 1.54) is 6.07 Å². The molecule has 5 heteroatoms. The number of halogens is 3. The first-order valence-corrected chi connectivity index (χ1v) is 5.39. The summed E-state index contributed by atoms with van der Waals surface area (Å²) in [5, 5.41) is 18.9. The van der Waals surface area contributed by atoms with Gasteiger partial charge in [-0.15, -0.1) is 0 Å². The van der Waals surface area contributed by atoms with Gasteiger partial charge in [-0.1, -0.05) is 22.0 Å². The highest BCUT2D eigenvalue weighted by molar-refractivity contribution is 9.24. The Balaban J connectivity index is 3.31. The average molecular weight is 361 g/mol. The average Bonchev–Trinajstić information content (AvgIpc) is 1.82. The number of hydrogen-bond acceptors (Lipinski definition) is 2. The first kappa shape index (κ1) is 10.5. The Kier molecular flexibility index (Phi) is 3.20. The lowest BCUT2D eigenvalue weighted by molar-refractivity contribution is 0.243. The molecule has 0 atom stereocenters. The first-order valence-electron chi connectivity index (χ1n) is 3.01. The van der Waals surface area contributed by atoms with E-state index in [-0.39, 0.29) is 5.75 Å². The zero-order valence-corrected chi connectivity index (χ0v) is 10.5. The first-order chi connectivity index (χ1) is 5.43. The van der Waals surface area contributed by atoms with E-state index in [4.69, 9.17) is 0 Å². The largest absolute Gasteiger partial charge is 0.507 e. The summed E-state index contributed by atoms with van der Waals surface area (Å²) < 4.78 is -0.775. The second kappa shape index (κ2) is 3.65. The maximum atomic E-state index is 9.49. The predicted octanol–water partition coefficient (Wildman–Crippen LogP) is 3.05. The third-order valence-electron chi connectivity index (χ3n) is 1.29. The molecular weight excluding hydrogens is 356 g/mol. The molecule has 0 unspecified atom stereocenters. The van der Waals surface area contributed by atoms with Gasteiger partial charge in [0, 0.05) is 4.47 Å². The molecule has 1 aromatic rings. The maximum Gasteiger partial charge on any atom is 0.205 e. The van der Waals surface area contributed by atoms with Crippen molar-refractivity contribution >= 4 is 47.8 Å². The van der Waals surface area contributed by atoms with E-state index in [0.717, 1.165) is 0 Å². The zero-order chi connectivity index (χ0) is 9.35. The van der Waals surface area contributed by atoms with E-state index in [2.05, 4.69) is 47.8 Å². The van der Waals surface area contributed by atoms with Crippen LogP contribution in [0.5, 0.6) is 5.75 Å². The zero-order valence-electron chi connectivity index (χ0n) is 5.76. The van der Waals surface area contributed by atoms with Crippen molar-refractivity contribution in [3.8, 4) is 5.75 Å². The van der Waals surface area contributed by atoms with Crippen molar-refractivity contribution in [3.05, 3.63) is 28.2 Å². The Hall–Kier alpha value is 0.420. The van der Waals surface area contributed by atoms with E-state index in [9.17, 15) is 10.2 Å². The Labute approximate surface area is 95.0 Å². The van der Waals surface area contributed by atoms with Crippen LogP contribution in [-0.2, 0) is 3.42 Å². The molecule has 0 aliphatic rings. The number of phenols is 1. The summed E-state index contributed by atoms with van der Waals surface area (Å²) >= 11 is 9.14. The van der Waals surface area contributed by atoms with Crippen LogP contribution in [0.2, 0.25) is 0 Å². The van der Waals surface area contributed by atoms with Crippen LogP contribution in [0.4, 0.5) is 0 Å². The molecule has 12 heavy (non-hydrogen) atoms. The fourth-order valence-corrected chi connectivity index (χ4v) is 2.82. The molecule has 2 nitrogen and oxygen atoms in total. The highest BCUT2D eigenvalue weighted by Crippen LogP contribution is 2.43. The van der Waals surface area contributed by atoms with Gasteiger partial charge in [-0.05, 0) is 44.0 Å². The number of aliphatic hydroxyl groups is 1. The molecule has 0 aliphatic heterocycles. The summed E-state index contributed by atoms with van der Waals surface area (Å²) in [5.74, 6) is 0.0145. The molecule has 0 saturated heterocycles. The topological polar surface area (TPSA) is 40.5 Å². The highest BCUT2D eigenvalue weighted by Gasteiger charge is 2.27. The minimum atomic E-state index is -1.40. The monoisotopic (exact) mass is 358 g/mol. The number of alkyl halides is 2. The number of phenolic OH excluding ortho intramolecular Hbond substituents is 1. The van der Waals surface area contributed by atoms with Crippen LogP contribution < -0.4 is 0 Å². The van der Waals surface area contributed by atoms with Crippen molar-refractivity contribution in [3.63, 3.8) is 0 Å². The van der Waals surface area contributed by atoms with Crippen molar-refractivity contribution in [1.82, 2.24) is 0 Å². The summed E-state index contributed by atoms with van der Waals surface area (Å²) in [6.45, 7) is 0. The number of aromatic hydroxyl groups is 1. The molecule has 0 saturated carbocycles. The Morgan fingerprint density at radius 1 is 1.25 bits per heavy atom. The van der Waals surface area contributed by atoms with Crippen molar-refractivity contribution in [2.75, 3.05) is 0 Å². The van der Waals surface area contributed by atoms with E-state index in [1.807, 2.05) is 0 Å². The van der Waals surface area contributed by atoms with Gasteiger partial charge >= 0.3 is 0 Å². The summed E-state index contributed by atoms with van der Waals surface area (Å²) in [5.41, 5.74) is 0.352. The van der Waals surface area contributed by atoms with Crippen molar-refractivity contribution in [2.24, 2.45) is 0 Å². The molecule has 0 amide bonds. The molecule has 0 spiro atoms. The number of rotatable bonds is 1. The smallest absolute Gasteiger partial charge is 0.205 e. The lowest BCUT2D eigenvalue weighted by Crippen LogP contribution is -2.07. The third kappa shape index (κ3) is 2.22. The van der Waals surface area contributed by atoms with E-state index in [0.29, 0.717) is 10.0 Å². The molecule has 0 aliphatic carbocycles. The van der Waals surface area contributed by atoms with Crippen LogP contribution in [0, 0.1) is 0 Å². The van der Waals surface area contributed by atoms with E-state index >= 15 is 0 Å². The molecule has 0 bridgehead atoms. The molecule has 0 aromatic heterocycles. The van der Waals surface area contributed by atoms with Gasteiger partial charge in [0.1, 0.15) is 5.75 Å². The Morgan fingerprint density at radius 3 is 2.17 bits per heavy atom. The fourth-order valence-electron chi connectivity index (χ4n) is 0.811. The van der Waals surface area contributed by atoms with Crippen LogP contribution in [0.15, 0.2) is 22.7 Å². The minimum Gasteiger partial charge on any atom is -0.507 e. The molecule has 2 N–H and O–H groups in total. The van der Waals surface area contributed by atoms with Crippen LogP contribution in [0.25, 0.3) is 0 Å². The summed E-state index contributed by atoms with van der Waals surface area (Å²) in [6, 6.07) is 4.89. The molecule has 1 rings (SSSR count). The van der Waals surface area contributed by atoms with E-state index in [1.54, 1.807) is 12.1 Å². The van der Waals surface area contributed by atoms with Gasteiger partial charge in [0.2, 0.25) is 3.42 Å². The van der Waals surface area contributed by atoms with Gasteiger partial charge in [0.15, 0.2) is 0 Å². The second-order valence-corrected chi connectivity index (χ2v) is 6.39. The molecule has 0 radical (unpaired) electrons. The highest BCUT2D eigenvalue weighted by atomic mass is 79.9. The van der Waals surface area contributed by atoms with Crippen LogP contribution in [-0.4, -0.2) is 10.2 Å². The third-order valence-corrected chi connectivity index (χ3v) is 2.75. The number of hydrogen-bond donors (Lipinski definition) is 2. The van der Waals surface area contributed by atoms with Crippen LogP contribution in [0.3, 0.4) is 0 Å². The van der Waals surface area contributed by atoms with E-state index < -0.39 is 3.42 Å². The lowest BCUT2D eigenvalue weighted by atomic mass is 10.2. The van der Waals surface area contributed by atoms with Gasteiger partial charge in [-0.25, -0.2) is 0 Å². The van der Waals surface area contributed by atoms with Gasteiger partial charge in [-0.3, -0.25) is 0 Å². The SMILES string of the molecule is Oc1cccc(Br)c1C(O)(Br)Br. The van der Waals surface area contributed by atoms with Gasteiger partial charge in [0.25, 0.3) is 0 Å². The Morgan fingerprint density at radius 2 is 1.83 bits per heavy atom. The maximum absolute atomic E-state index is 9.49.